The number of nitrogens with zero attached hydrogens (tertiary/aromatic N) is 1. The zero-order chi connectivity index (χ0) is 15.9. The van der Waals surface area contributed by atoms with Gasteiger partial charge in [0.15, 0.2) is 0 Å². The van der Waals surface area contributed by atoms with Crippen LogP contribution in [0.3, 0.4) is 0 Å². The van der Waals surface area contributed by atoms with E-state index in [4.69, 9.17) is 16.3 Å². The largest absolute Gasteiger partial charge is 0.494 e. The average molecular weight is 319 g/mol. The van der Waals surface area contributed by atoms with Gasteiger partial charge in [0.1, 0.15) is 11.6 Å². The summed E-state index contributed by atoms with van der Waals surface area (Å²) in [5.41, 5.74) is 1.85. The van der Waals surface area contributed by atoms with Crippen LogP contribution in [-0.2, 0) is 4.79 Å². The van der Waals surface area contributed by atoms with Crippen LogP contribution >= 0.6 is 11.6 Å². The lowest BCUT2D eigenvalue weighted by atomic mass is 10.2. The smallest absolute Gasteiger partial charge is 0.225 e. The molecular formula is C17H19ClN2O2. The summed E-state index contributed by atoms with van der Waals surface area (Å²) in [6, 6.07) is 11.0. The second kappa shape index (κ2) is 7.80. The van der Waals surface area contributed by atoms with Gasteiger partial charge in [-0.05, 0) is 56.2 Å². The summed E-state index contributed by atoms with van der Waals surface area (Å²) in [5.74, 6) is 1.29. The maximum Gasteiger partial charge on any atom is 0.225 e. The fourth-order valence-corrected chi connectivity index (χ4v) is 2.07. The van der Waals surface area contributed by atoms with Crippen molar-refractivity contribution in [2.45, 2.75) is 26.7 Å². The van der Waals surface area contributed by atoms with E-state index < -0.39 is 0 Å². The highest BCUT2D eigenvalue weighted by atomic mass is 35.5. The third kappa shape index (κ3) is 5.04. The Morgan fingerprint density at radius 3 is 2.82 bits per heavy atom. The predicted molar refractivity (Wildman–Crippen MR) is 88.5 cm³/mol. The number of ether oxygens (including phenoxy) is 1. The number of hydrogen-bond acceptors (Lipinski definition) is 3. The quantitative estimate of drug-likeness (QED) is 0.814. The number of hydrogen-bond donors (Lipinski definition) is 1. The molecule has 116 valence electrons. The first kappa shape index (κ1) is 16.3. The molecule has 2 aromatic rings. The number of anilines is 1. The lowest BCUT2D eigenvalue weighted by molar-refractivity contribution is -0.116. The fraction of sp³-hybridized carbons (Fsp3) is 0.294. The van der Waals surface area contributed by atoms with Crippen LogP contribution in [0.4, 0.5) is 5.82 Å². The first-order valence-corrected chi connectivity index (χ1v) is 7.55. The predicted octanol–water partition coefficient (Wildman–Crippen LogP) is 4.15. The highest BCUT2D eigenvalue weighted by Gasteiger charge is 2.04. The molecular weight excluding hydrogens is 300 g/mol. The van der Waals surface area contributed by atoms with Crippen LogP contribution in [0.1, 0.15) is 24.1 Å². The van der Waals surface area contributed by atoms with E-state index in [9.17, 15) is 4.79 Å². The van der Waals surface area contributed by atoms with Crippen molar-refractivity contribution in [3.63, 3.8) is 0 Å². The molecule has 0 aliphatic heterocycles. The number of amides is 1. The van der Waals surface area contributed by atoms with Crippen molar-refractivity contribution < 1.29 is 9.53 Å². The molecule has 0 radical (unpaired) electrons. The topological polar surface area (TPSA) is 51.2 Å². The van der Waals surface area contributed by atoms with Crippen LogP contribution in [0.2, 0.25) is 5.02 Å². The van der Waals surface area contributed by atoms with Gasteiger partial charge in [-0.15, -0.1) is 0 Å². The SMILES string of the molecule is Cc1cccc(NC(=O)CCCOc2ccc(Cl)c(C)c2)n1. The summed E-state index contributed by atoms with van der Waals surface area (Å²) in [6.45, 7) is 4.30. The molecule has 0 unspecified atom stereocenters. The number of aromatic nitrogens is 1. The molecule has 5 heteroatoms. The monoisotopic (exact) mass is 318 g/mol. The Balaban J connectivity index is 1.72. The Kier molecular flexibility index (Phi) is 5.78. The third-order valence-corrected chi connectivity index (χ3v) is 3.53. The van der Waals surface area contributed by atoms with Gasteiger partial charge in [-0.3, -0.25) is 4.79 Å². The number of aryl methyl sites for hydroxylation is 2. The highest BCUT2D eigenvalue weighted by molar-refractivity contribution is 6.31. The Labute approximate surface area is 135 Å². The van der Waals surface area contributed by atoms with Crippen LogP contribution in [0.15, 0.2) is 36.4 Å². The summed E-state index contributed by atoms with van der Waals surface area (Å²) in [5, 5.41) is 3.49. The van der Waals surface area contributed by atoms with Gasteiger partial charge >= 0.3 is 0 Å². The van der Waals surface area contributed by atoms with Crippen molar-refractivity contribution in [3.05, 3.63) is 52.7 Å². The standard InChI is InChI=1S/C17H19ClN2O2/c1-12-11-14(8-9-15(12)18)22-10-4-7-17(21)20-16-6-3-5-13(2)19-16/h3,5-6,8-9,11H,4,7,10H2,1-2H3,(H,19,20,21). The molecule has 1 amide bonds. The maximum absolute atomic E-state index is 11.8. The van der Waals surface area contributed by atoms with Crippen LogP contribution in [-0.4, -0.2) is 17.5 Å². The minimum absolute atomic E-state index is 0.0611. The first-order chi connectivity index (χ1) is 10.5. The normalized spacial score (nSPS) is 10.3. The molecule has 1 aromatic heterocycles. The molecule has 2 rings (SSSR count). The van der Waals surface area contributed by atoms with Crippen molar-refractivity contribution in [3.8, 4) is 5.75 Å². The van der Waals surface area contributed by atoms with Crippen molar-refractivity contribution in [2.75, 3.05) is 11.9 Å². The van der Waals surface area contributed by atoms with Gasteiger partial charge in [0, 0.05) is 17.1 Å². The molecule has 1 N–H and O–H groups in total. The lowest BCUT2D eigenvalue weighted by Crippen LogP contribution is -2.13. The number of nitrogens with one attached hydrogen (secondary N) is 1. The summed E-state index contributed by atoms with van der Waals surface area (Å²) in [4.78, 5) is 16.0. The minimum Gasteiger partial charge on any atom is -0.494 e. The van der Waals surface area contributed by atoms with Gasteiger partial charge in [0.2, 0.25) is 5.91 Å². The molecule has 0 saturated heterocycles. The Morgan fingerprint density at radius 1 is 1.27 bits per heavy atom. The van der Waals surface area contributed by atoms with E-state index >= 15 is 0 Å². The van der Waals surface area contributed by atoms with Gasteiger partial charge < -0.3 is 10.1 Å². The van der Waals surface area contributed by atoms with Crippen LogP contribution < -0.4 is 10.1 Å². The second-order valence-electron chi connectivity index (χ2n) is 5.08. The molecule has 0 atom stereocenters. The zero-order valence-electron chi connectivity index (χ0n) is 12.7. The summed E-state index contributed by atoms with van der Waals surface area (Å²) in [6.07, 6.45) is 1.03. The van der Waals surface area contributed by atoms with Crippen molar-refractivity contribution in [2.24, 2.45) is 0 Å². The highest BCUT2D eigenvalue weighted by Crippen LogP contribution is 2.21. The molecule has 0 saturated carbocycles. The molecule has 1 heterocycles. The van der Waals surface area contributed by atoms with E-state index in [1.165, 1.54) is 0 Å². The molecule has 22 heavy (non-hydrogen) atoms. The van der Waals surface area contributed by atoms with Crippen molar-refractivity contribution in [1.82, 2.24) is 4.98 Å². The van der Waals surface area contributed by atoms with E-state index in [-0.39, 0.29) is 5.91 Å². The Bertz CT molecular complexity index is 659. The number of benzene rings is 1. The molecule has 0 aliphatic rings. The third-order valence-electron chi connectivity index (χ3n) is 3.10. The van der Waals surface area contributed by atoms with Crippen LogP contribution in [0.25, 0.3) is 0 Å². The molecule has 0 bridgehead atoms. The average Bonchev–Trinajstić information content (AvgIpc) is 2.47. The number of halogens is 1. The van der Waals surface area contributed by atoms with E-state index in [0.717, 1.165) is 22.0 Å². The van der Waals surface area contributed by atoms with Gasteiger partial charge in [-0.2, -0.15) is 0 Å². The Morgan fingerprint density at radius 2 is 2.09 bits per heavy atom. The molecule has 0 fully saturated rings. The summed E-state index contributed by atoms with van der Waals surface area (Å²) >= 11 is 5.96. The van der Waals surface area contributed by atoms with Crippen molar-refractivity contribution in [1.29, 1.82) is 0 Å². The number of carbonyl (C=O) groups is 1. The number of carbonyl (C=O) groups excluding carboxylic acids is 1. The van der Waals surface area contributed by atoms with E-state index in [2.05, 4.69) is 10.3 Å². The zero-order valence-corrected chi connectivity index (χ0v) is 13.5. The molecule has 0 spiro atoms. The lowest BCUT2D eigenvalue weighted by Gasteiger charge is -2.08. The summed E-state index contributed by atoms with van der Waals surface area (Å²) < 4.78 is 5.61. The van der Waals surface area contributed by atoms with Gasteiger partial charge in [-0.25, -0.2) is 4.98 Å². The van der Waals surface area contributed by atoms with E-state index in [1.807, 2.05) is 44.2 Å². The first-order valence-electron chi connectivity index (χ1n) is 7.17. The van der Waals surface area contributed by atoms with Gasteiger partial charge in [0.25, 0.3) is 0 Å². The number of pyridine rings is 1. The maximum atomic E-state index is 11.8. The molecule has 0 aliphatic carbocycles. The number of rotatable bonds is 6. The van der Waals surface area contributed by atoms with E-state index in [0.29, 0.717) is 25.3 Å². The van der Waals surface area contributed by atoms with Crippen molar-refractivity contribution >= 4 is 23.3 Å². The van der Waals surface area contributed by atoms with Crippen LogP contribution in [0, 0.1) is 13.8 Å². The molecule has 4 nitrogen and oxygen atoms in total. The van der Waals surface area contributed by atoms with Gasteiger partial charge in [0.05, 0.1) is 6.61 Å². The van der Waals surface area contributed by atoms with E-state index in [1.54, 1.807) is 6.07 Å². The Hall–Kier alpha value is -2.07. The fourth-order valence-electron chi connectivity index (χ4n) is 1.95. The van der Waals surface area contributed by atoms with Gasteiger partial charge in [-0.1, -0.05) is 17.7 Å². The second-order valence-corrected chi connectivity index (χ2v) is 5.48. The summed E-state index contributed by atoms with van der Waals surface area (Å²) in [7, 11) is 0. The van der Waals surface area contributed by atoms with Crippen LogP contribution in [0.5, 0.6) is 5.75 Å². The minimum atomic E-state index is -0.0611. The molecule has 1 aromatic carbocycles.